The second-order valence-electron chi connectivity index (χ2n) is 6.18. The summed E-state index contributed by atoms with van der Waals surface area (Å²) in [5.41, 5.74) is -1.19. The minimum absolute atomic E-state index is 0.103. The number of amides is 2. The SMILES string of the molecule is CO[C@@]1(NC(=O)C[S+](C)[O-])C(=O)N2C(C(=O)O)=C(CSc3nnc(C)s3)CS[C@@H]21. The van der Waals surface area contributed by atoms with Crippen molar-refractivity contribution in [3.05, 3.63) is 16.3 Å². The molecule has 2 aliphatic heterocycles. The minimum atomic E-state index is -1.67. The molecule has 0 radical (unpaired) electrons. The standard InChI is InChI=1S/C15H18N4O6S4/c1-7-17-18-14(28-7)27-5-8-4-26-13-15(25-2,16-9(20)6-29(3)24)12(23)19(13)10(8)11(21)22/h13H,4-6H2,1-3H3,(H,16,20)(H,21,22)/t13-,15+,29?/m1/s1. The Bertz CT molecular complexity index is 875. The van der Waals surface area contributed by atoms with Crippen LogP contribution in [0.15, 0.2) is 15.6 Å². The summed E-state index contributed by atoms with van der Waals surface area (Å²) in [6.07, 6.45) is 1.37. The van der Waals surface area contributed by atoms with E-state index in [0.717, 1.165) is 9.91 Å². The molecule has 3 rings (SSSR count). The Kier molecular flexibility index (Phi) is 6.80. The van der Waals surface area contributed by atoms with Gasteiger partial charge >= 0.3 is 5.97 Å². The van der Waals surface area contributed by atoms with Gasteiger partial charge in [0, 0.05) is 18.6 Å². The maximum Gasteiger partial charge on any atom is 0.352 e. The number of rotatable bonds is 8. The third-order valence-corrected chi connectivity index (χ3v) is 8.27. The molecule has 10 nitrogen and oxygen atoms in total. The highest BCUT2D eigenvalue weighted by Gasteiger charge is 2.66. The van der Waals surface area contributed by atoms with Crippen molar-refractivity contribution < 1.29 is 28.8 Å². The van der Waals surface area contributed by atoms with Crippen LogP contribution in [-0.2, 0) is 30.3 Å². The Hall–Kier alpha value is -1.32. The van der Waals surface area contributed by atoms with Crippen molar-refractivity contribution in [1.29, 1.82) is 0 Å². The highest BCUT2D eigenvalue weighted by Crippen LogP contribution is 2.47. The predicted octanol–water partition coefficient (Wildman–Crippen LogP) is 0.0298. The second kappa shape index (κ2) is 8.81. The quantitative estimate of drug-likeness (QED) is 0.227. The lowest BCUT2D eigenvalue weighted by Gasteiger charge is -2.55. The maximum atomic E-state index is 12.9. The average molecular weight is 479 g/mol. The molecule has 1 unspecified atom stereocenters. The van der Waals surface area contributed by atoms with Crippen LogP contribution in [0.25, 0.3) is 0 Å². The van der Waals surface area contributed by atoms with E-state index >= 15 is 0 Å². The number of methoxy groups -OCH3 is 1. The topological polar surface area (TPSA) is 145 Å². The number of aryl methyl sites for hydroxylation is 1. The zero-order chi connectivity index (χ0) is 21.3. The lowest BCUT2D eigenvalue weighted by Crippen LogP contribution is -2.81. The molecule has 29 heavy (non-hydrogen) atoms. The number of fused-ring (bicyclic) bond motifs is 1. The van der Waals surface area contributed by atoms with Crippen LogP contribution < -0.4 is 5.32 Å². The van der Waals surface area contributed by atoms with Crippen molar-refractivity contribution in [3.8, 4) is 0 Å². The first-order valence-corrected chi connectivity index (χ1v) is 12.8. The summed E-state index contributed by atoms with van der Waals surface area (Å²) in [6, 6.07) is 0. The molecule has 158 valence electrons. The van der Waals surface area contributed by atoms with Crippen LogP contribution in [-0.4, -0.2) is 84.3 Å². The molecule has 0 aliphatic carbocycles. The van der Waals surface area contributed by atoms with E-state index in [0.29, 0.717) is 21.4 Å². The number of carbonyl (C=O) groups excluding carboxylic acids is 2. The smallest absolute Gasteiger partial charge is 0.352 e. The van der Waals surface area contributed by atoms with Crippen molar-refractivity contribution in [2.24, 2.45) is 0 Å². The third-order valence-electron chi connectivity index (χ3n) is 4.17. The first kappa shape index (κ1) is 22.4. The Balaban J connectivity index is 1.81. The molecule has 0 spiro atoms. The molecule has 0 aromatic carbocycles. The molecule has 1 aromatic heterocycles. The predicted molar refractivity (Wildman–Crippen MR) is 110 cm³/mol. The maximum absolute atomic E-state index is 12.9. The minimum Gasteiger partial charge on any atom is -0.616 e. The summed E-state index contributed by atoms with van der Waals surface area (Å²) < 4.78 is 17.3. The molecule has 0 bridgehead atoms. The number of carboxylic acids is 1. The van der Waals surface area contributed by atoms with E-state index in [1.165, 1.54) is 48.2 Å². The summed E-state index contributed by atoms with van der Waals surface area (Å²) in [4.78, 5) is 38.0. The van der Waals surface area contributed by atoms with E-state index in [1.807, 2.05) is 6.92 Å². The molecule has 1 saturated heterocycles. The van der Waals surface area contributed by atoms with E-state index in [-0.39, 0.29) is 11.4 Å². The van der Waals surface area contributed by atoms with Gasteiger partial charge in [-0.05, 0) is 23.7 Å². The van der Waals surface area contributed by atoms with Crippen LogP contribution in [0.1, 0.15) is 5.01 Å². The first-order valence-electron chi connectivity index (χ1n) is 8.19. The Labute approximate surface area is 182 Å². The van der Waals surface area contributed by atoms with Crippen LogP contribution in [0.5, 0.6) is 0 Å². The van der Waals surface area contributed by atoms with Crippen molar-refractivity contribution in [2.45, 2.75) is 22.4 Å². The molecule has 2 N–H and O–H groups in total. The molecular formula is C15H18N4O6S4. The van der Waals surface area contributed by atoms with Gasteiger partial charge in [-0.2, -0.15) is 0 Å². The van der Waals surface area contributed by atoms with E-state index in [1.54, 1.807) is 0 Å². The monoisotopic (exact) mass is 478 g/mol. The summed E-state index contributed by atoms with van der Waals surface area (Å²) in [5.74, 6) is -2.07. The lowest BCUT2D eigenvalue weighted by atomic mass is 9.98. The number of β-lactam (4-membered cyclic amide) rings is 1. The fourth-order valence-corrected chi connectivity index (χ4v) is 6.80. The Morgan fingerprint density at radius 3 is 2.79 bits per heavy atom. The fourth-order valence-electron chi connectivity index (χ4n) is 2.97. The second-order valence-corrected chi connectivity index (χ2v) is 11.1. The van der Waals surface area contributed by atoms with Gasteiger partial charge in [0.1, 0.15) is 16.1 Å². The van der Waals surface area contributed by atoms with Gasteiger partial charge in [0.05, 0.1) is 6.26 Å². The normalized spacial score (nSPS) is 24.8. The third kappa shape index (κ3) is 4.27. The van der Waals surface area contributed by atoms with E-state index in [9.17, 15) is 24.0 Å². The summed E-state index contributed by atoms with van der Waals surface area (Å²) in [5, 5.41) is 20.2. The average Bonchev–Trinajstić information content (AvgIpc) is 3.07. The fraction of sp³-hybridized carbons (Fsp3) is 0.533. The zero-order valence-corrected chi connectivity index (χ0v) is 18.9. The molecule has 1 fully saturated rings. The number of thioether (sulfide) groups is 2. The number of aliphatic carboxylic acids is 1. The molecule has 2 aliphatic rings. The van der Waals surface area contributed by atoms with E-state index in [2.05, 4.69) is 15.5 Å². The molecule has 1 aromatic rings. The molecule has 2 amide bonds. The van der Waals surface area contributed by atoms with E-state index in [4.69, 9.17) is 4.74 Å². The van der Waals surface area contributed by atoms with Crippen LogP contribution in [0.2, 0.25) is 0 Å². The summed E-state index contributed by atoms with van der Waals surface area (Å²) >= 11 is 2.68. The molecular weight excluding hydrogens is 460 g/mol. The Morgan fingerprint density at radius 1 is 1.52 bits per heavy atom. The lowest BCUT2D eigenvalue weighted by molar-refractivity contribution is -0.192. The van der Waals surface area contributed by atoms with Crippen LogP contribution in [0.4, 0.5) is 0 Å². The highest BCUT2D eigenvalue weighted by molar-refractivity contribution is 8.01. The first-order chi connectivity index (χ1) is 13.7. The van der Waals surface area contributed by atoms with Gasteiger partial charge in [0.2, 0.25) is 0 Å². The summed E-state index contributed by atoms with van der Waals surface area (Å²) in [6.45, 7) is 1.83. The van der Waals surface area contributed by atoms with Crippen LogP contribution in [0.3, 0.4) is 0 Å². The number of aromatic nitrogens is 2. The van der Waals surface area contributed by atoms with Crippen LogP contribution in [0, 0.1) is 6.92 Å². The van der Waals surface area contributed by atoms with Crippen molar-refractivity contribution in [3.63, 3.8) is 0 Å². The number of nitrogens with one attached hydrogen (secondary N) is 1. The number of ether oxygens (including phenoxy) is 1. The van der Waals surface area contributed by atoms with Gasteiger partial charge in [-0.25, -0.2) is 4.79 Å². The van der Waals surface area contributed by atoms with Gasteiger partial charge in [0.15, 0.2) is 10.1 Å². The van der Waals surface area contributed by atoms with Gasteiger partial charge in [-0.15, -0.1) is 22.0 Å². The van der Waals surface area contributed by atoms with Crippen LogP contribution >= 0.6 is 34.9 Å². The zero-order valence-electron chi connectivity index (χ0n) is 15.7. The van der Waals surface area contributed by atoms with Gasteiger partial charge < -0.3 is 19.7 Å². The van der Waals surface area contributed by atoms with Gasteiger partial charge in [0.25, 0.3) is 17.5 Å². The van der Waals surface area contributed by atoms with Gasteiger partial charge in [-0.3, -0.25) is 14.5 Å². The van der Waals surface area contributed by atoms with Crippen molar-refractivity contribution >= 4 is 63.8 Å². The Morgan fingerprint density at radius 2 is 2.24 bits per heavy atom. The number of hydrogen-bond acceptors (Lipinski definition) is 10. The number of hydrogen-bond donors (Lipinski definition) is 2. The number of carbonyl (C=O) groups is 3. The number of nitrogens with zero attached hydrogens (tertiary/aromatic N) is 3. The largest absolute Gasteiger partial charge is 0.616 e. The van der Waals surface area contributed by atoms with E-state index < -0.39 is 40.1 Å². The molecule has 3 atom stereocenters. The van der Waals surface area contributed by atoms with Crippen molar-refractivity contribution in [1.82, 2.24) is 20.4 Å². The van der Waals surface area contributed by atoms with Crippen molar-refractivity contribution in [2.75, 3.05) is 30.6 Å². The molecule has 0 saturated carbocycles. The molecule has 3 heterocycles. The summed E-state index contributed by atoms with van der Waals surface area (Å²) in [7, 11) is 1.27. The highest BCUT2D eigenvalue weighted by atomic mass is 32.2. The van der Waals surface area contributed by atoms with Gasteiger partial charge in [-0.1, -0.05) is 23.1 Å². The molecule has 14 heteroatoms. The number of carboxylic acid groups (broad SMARTS) is 1.